The van der Waals surface area contributed by atoms with Crippen LogP contribution in [0.15, 0.2) is 47.1 Å². The summed E-state index contributed by atoms with van der Waals surface area (Å²) in [5, 5.41) is 5.02. The molecular weight excluding hydrogens is 520 g/mol. The van der Waals surface area contributed by atoms with Crippen molar-refractivity contribution >= 4 is 41.1 Å². The van der Waals surface area contributed by atoms with E-state index in [1.165, 1.54) is 37.4 Å². The number of hydrogen-bond donors (Lipinski definition) is 2. The Kier molecular flexibility index (Phi) is 7.82. The van der Waals surface area contributed by atoms with Crippen LogP contribution in [-0.4, -0.2) is 72.7 Å². The molecule has 39 heavy (non-hydrogen) atoms. The van der Waals surface area contributed by atoms with Crippen molar-refractivity contribution in [1.82, 2.24) is 9.88 Å². The second-order valence-electron chi connectivity index (χ2n) is 9.42. The molecule has 13 heteroatoms. The lowest BCUT2D eigenvalue weighted by Gasteiger charge is -2.40. The number of benzene rings is 1. The van der Waals surface area contributed by atoms with Crippen LogP contribution >= 0.6 is 0 Å². The molecule has 0 aliphatic carbocycles. The van der Waals surface area contributed by atoms with Crippen molar-refractivity contribution in [2.75, 3.05) is 42.2 Å². The third kappa shape index (κ3) is 6.30. The number of aromatic nitrogens is 1. The Bertz CT molecular complexity index is 1360. The first kappa shape index (κ1) is 27.9. The summed E-state index contributed by atoms with van der Waals surface area (Å²) in [5.41, 5.74) is -0.595. The Morgan fingerprint density at radius 1 is 1.13 bits per heavy atom. The first-order valence-corrected chi connectivity index (χ1v) is 12.0. The number of piperazine rings is 1. The summed E-state index contributed by atoms with van der Waals surface area (Å²) in [6, 6.07) is 5.64. The van der Waals surface area contributed by atoms with Crippen molar-refractivity contribution in [3.8, 4) is 11.1 Å². The number of dihydropyridines is 1. The predicted molar refractivity (Wildman–Crippen MR) is 138 cm³/mol. The van der Waals surface area contributed by atoms with Crippen LogP contribution in [0.4, 0.5) is 34.8 Å². The van der Waals surface area contributed by atoms with Crippen LogP contribution in [0.2, 0.25) is 0 Å². The smallest absolute Gasteiger partial charge is 0.367 e. The van der Waals surface area contributed by atoms with Gasteiger partial charge in [-0.1, -0.05) is 0 Å². The number of amides is 3. The summed E-state index contributed by atoms with van der Waals surface area (Å²) in [6.07, 6.45) is -2.65. The molecule has 0 radical (unpaired) electrons. The zero-order valence-electron chi connectivity index (χ0n) is 21.3. The van der Waals surface area contributed by atoms with Crippen molar-refractivity contribution in [1.29, 1.82) is 0 Å². The van der Waals surface area contributed by atoms with Gasteiger partial charge in [-0.15, -0.1) is 0 Å². The van der Waals surface area contributed by atoms with Gasteiger partial charge in [0.2, 0.25) is 11.8 Å². The van der Waals surface area contributed by atoms with Crippen molar-refractivity contribution < 1.29 is 31.9 Å². The second-order valence-corrected chi connectivity index (χ2v) is 9.42. The Hall–Kier alpha value is -4.13. The van der Waals surface area contributed by atoms with Crippen molar-refractivity contribution in [2.24, 2.45) is 10.9 Å². The minimum absolute atomic E-state index is 0.0391. The lowest BCUT2D eigenvalue weighted by Crippen LogP contribution is -2.50. The molecule has 1 unspecified atom stereocenters. The predicted octanol–water partition coefficient (Wildman–Crippen LogP) is 3.64. The number of hydrogen-bond acceptors (Lipinski definition) is 6. The number of carbonyl (C=O) groups excluding carboxylic acids is 3. The molecule has 2 atom stereocenters. The molecule has 2 aromatic rings. The third-order valence-electron chi connectivity index (χ3n) is 6.60. The van der Waals surface area contributed by atoms with Crippen LogP contribution in [0.5, 0.6) is 0 Å². The molecule has 1 aromatic carbocycles. The molecule has 1 saturated heterocycles. The quantitative estimate of drug-likeness (QED) is 0.555. The third-order valence-corrected chi connectivity index (χ3v) is 6.60. The number of rotatable bonds is 5. The topological polar surface area (TPSA) is 107 Å². The Balaban J connectivity index is 1.73. The number of nitrogens with one attached hydrogen (secondary N) is 2. The van der Waals surface area contributed by atoms with Gasteiger partial charge in [0.15, 0.2) is 0 Å². The number of aliphatic imine (C=N–C) groups is 1. The minimum Gasteiger partial charge on any atom is -0.367 e. The number of carbonyl (C=O) groups is 3. The fraction of sp³-hybridized carbons (Fsp3) is 0.346. The van der Waals surface area contributed by atoms with E-state index in [1.807, 2.05) is 18.9 Å². The van der Waals surface area contributed by atoms with Gasteiger partial charge in [-0.25, -0.2) is 14.4 Å². The molecule has 0 saturated carbocycles. The summed E-state index contributed by atoms with van der Waals surface area (Å²) in [6.45, 7) is 4.91. The van der Waals surface area contributed by atoms with Crippen molar-refractivity contribution in [3.63, 3.8) is 0 Å². The van der Waals surface area contributed by atoms with E-state index in [-0.39, 0.29) is 29.0 Å². The maximum absolute atomic E-state index is 15.4. The molecule has 3 heterocycles. The SMILES string of the molecule is CC(=O)Nc1ccc(-c2cc(NC(=O)C3C=NC(=O)C=C3C(F)(F)F)c(N3CCN(C)[C@@H](C)C3)cc2F)cn1. The normalized spacial score (nSPS) is 20.0. The average molecular weight is 547 g/mol. The van der Waals surface area contributed by atoms with Gasteiger partial charge in [-0.3, -0.25) is 14.4 Å². The number of halogens is 4. The van der Waals surface area contributed by atoms with Gasteiger partial charge >= 0.3 is 6.18 Å². The standard InChI is InChI=1S/C26H26F4N6O3/c1-14-13-36(7-6-35(14)3)22-10-20(27)17(16-4-5-23(31-11-16)33-15(2)37)8-21(22)34-25(39)18-12-32-24(38)9-19(18)26(28,29)30/h4-5,8-12,14,18H,6-7,13H2,1-3H3,(H,34,39)(H,31,33,37)/t14-,18?/m0/s1. The maximum Gasteiger partial charge on any atom is 0.414 e. The first-order chi connectivity index (χ1) is 18.3. The summed E-state index contributed by atoms with van der Waals surface area (Å²) >= 11 is 0. The largest absolute Gasteiger partial charge is 0.414 e. The van der Waals surface area contributed by atoms with Crippen molar-refractivity contribution in [2.45, 2.75) is 26.1 Å². The molecule has 1 aromatic heterocycles. The molecule has 3 amide bonds. The van der Waals surface area contributed by atoms with Crippen LogP contribution in [0.25, 0.3) is 11.1 Å². The lowest BCUT2D eigenvalue weighted by atomic mass is 9.95. The van der Waals surface area contributed by atoms with E-state index in [2.05, 4.69) is 25.5 Å². The highest BCUT2D eigenvalue weighted by Crippen LogP contribution is 2.37. The minimum atomic E-state index is -4.94. The molecule has 0 bridgehead atoms. The van der Waals surface area contributed by atoms with Gasteiger partial charge < -0.3 is 20.4 Å². The zero-order chi connectivity index (χ0) is 28.5. The van der Waals surface area contributed by atoms with Crippen LogP contribution in [0.1, 0.15) is 13.8 Å². The molecule has 9 nitrogen and oxygen atoms in total. The van der Waals surface area contributed by atoms with E-state index < -0.39 is 35.3 Å². The molecule has 2 aliphatic rings. The van der Waals surface area contributed by atoms with E-state index in [4.69, 9.17) is 0 Å². The highest BCUT2D eigenvalue weighted by atomic mass is 19.4. The van der Waals surface area contributed by atoms with Gasteiger partial charge in [0.25, 0.3) is 5.91 Å². The summed E-state index contributed by atoms with van der Waals surface area (Å²) < 4.78 is 56.3. The van der Waals surface area contributed by atoms with Crippen LogP contribution < -0.4 is 15.5 Å². The highest BCUT2D eigenvalue weighted by Gasteiger charge is 2.43. The van der Waals surface area contributed by atoms with Crippen LogP contribution in [0, 0.1) is 11.7 Å². The number of likely N-dealkylation sites (N-methyl/N-ethyl adjacent to an activating group) is 1. The lowest BCUT2D eigenvalue weighted by molar-refractivity contribution is -0.124. The van der Waals surface area contributed by atoms with Gasteiger partial charge in [0, 0.05) is 62.2 Å². The van der Waals surface area contributed by atoms with Gasteiger partial charge in [0.1, 0.15) is 17.6 Å². The molecule has 4 rings (SSSR count). The number of nitrogens with zero attached hydrogens (tertiary/aromatic N) is 4. The van der Waals surface area contributed by atoms with E-state index >= 15 is 4.39 Å². The fourth-order valence-corrected chi connectivity index (χ4v) is 4.39. The molecular formula is C26H26F4N6O3. The highest BCUT2D eigenvalue weighted by molar-refractivity contribution is 6.11. The maximum atomic E-state index is 15.4. The molecule has 206 valence electrons. The number of alkyl halides is 3. The van der Waals surface area contributed by atoms with Gasteiger partial charge in [0.05, 0.1) is 16.9 Å². The van der Waals surface area contributed by atoms with E-state index in [1.54, 1.807) is 0 Å². The average Bonchev–Trinajstić information content (AvgIpc) is 2.86. The zero-order valence-corrected chi connectivity index (χ0v) is 21.3. The summed E-state index contributed by atoms with van der Waals surface area (Å²) in [5.74, 6) is -4.77. The monoisotopic (exact) mass is 546 g/mol. The molecule has 1 fully saturated rings. The summed E-state index contributed by atoms with van der Waals surface area (Å²) in [7, 11) is 1.95. The Labute approximate surface area is 221 Å². The number of anilines is 3. The fourth-order valence-electron chi connectivity index (χ4n) is 4.39. The van der Waals surface area contributed by atoms with E-state index in [9.17, 15) is 27.6 Å². The molecule has 0 spiro atoms. The first-order valence-electron chi connectivity index (χ1n) is 12.0. The van der Waals surface area contributed by atoms with Gasteiger partial charge in [-0.2, -0.15) is 13.2 Å². The summed E-state index contributed by atoms with van der Waals surface area (Å²) in [4.78, 5) is 47.3. The molecule has 2 N–H and O–H groups in total. The van der Waals surface area contributed by atoms with Crippen LogP contribution in [0.3, 0.4) is 0 Å². The second kappa shape index (κ2) is 10.9. The van der Waals surface area contributed by atoms with E-state index in [0.29, 0.717) is 43.2 Å². The van der Waals surface area contributed by atoms with Gasteiger partial charge in [-0.05, 0) is 38.2 Å². The Morgan fingerprint density at radius 3 is 2.49 bits per heavy atom. The molecule has 2 aliphatic heterocycles. The van der Waals surface area contributed by atoms with Crippen molar-refractivity contribution in [3.05, 3.63) is 47.9 Å². The number of pyridine rings is 1. The van der Waals surface area contributed by atoms with Crippen LogP contribution in [-0.2, 0) is 14.4 Å². The van der Waals surface area contributed by atoms with E-state index in [0.717, 1.165) is 0 Å². The Morgan fingerprint density at radius 2 is 1.87 bits per heavy atom.